The molecule has 1 rings (SSSR count). The van der Waals surface area contributed by atoms with Crippen LogP contribution in [0.25, 0.3) is 6.08 Å². The molecule has 0 aromatic heterocycles. The number of phenolic OH excluding ortho intramolecular Hbond substituents is 1. The molecule has 0 saturated carbocycles. The van der Waals surface area contributed by atoms with E-state index in [1.54, 1.807) is 18.2 Å². The summed E-state index contributed by atoms with van der Waals surface area (Å²) in [5.41, 5.74) is 0.637. The van der Waals surface area contributed by atoms with Crippen LogP contribution < -0.4 is 0 Å². The van der Waals surface area contributed by atoms with E-state index in [0.717, 1.165) is 0 Å². The van der Waals surface area contributed by atoms with Gasteiger partial charge < -0.3 is 5.11 Å². The lowest BCUT2D eigenvalue weighted by Crippen LogP contribution is -1.74. The highest BCUT2D eigenvalue weighted by atomic mass is 35.5. The first-order chi connectivity index (χ1) is 5.75. The summed E-state index contributed by atoms with van der Waals surface area (Å²) in [5.74, 6) is 0.0248. The summed E-state index contributed by atoms with van der Waals surface area (Å²) in [4.78, 5) is 0. The van der Waals surface area contributed by atoms with Crippen molar-refractivity contribution < 1.29 is 5.11 Å². The van der Waals surface area contributed by atoms with Crippen molar-refractivity contribution in [1.82, 2.24) is 0 Å². The summed E-state index contributed by atoms with van der Waals surface area (Å²) in [6.07, 6.45) is 2.85. The fraction of sp³-hybridized carbons (Fsp3) is 0. The van der Waals surface area contributed by atoms with E-state index in [1.807, 2.05) is 6.07 Å². The molecule has 1 aromatic rings. The molecule has 0 radical (unpaired) electrons. The number of nitriles is 1. The van der Waals surface area contributed by atoms with Crippen molar-refractivity contribution in [2.24, 2.45) is 0 Å². The lowest BCUT2D eigenvalue weighted by atomic mass is 10.2. The Morgan fingerprint density at radius 1 is 1.50 bits per heavy atom. The molecule has 12 heavy (non-hydrogen) atoms. The van der Waals surface area contributed by atoms with Gasteiger partial charge in [0, 0.05) is 6.08 Å². The van der Waals surface area contributed by atoms with Gasteiger partial charge in [-0.15, -0.1) is 0 Å². The Morgan fingerprint density at radius 3 is 2.92 bits per heavy atom. The van der Waals surface area contributed by atoms with Gasteiger partial charge in [-0.2, -0.15) is 5.26 Å². The van der Waals surface area contributed by atoms with Gasteiger partial charge >= 0.3 is 0 Å². The van der Waals surface area contributed by atoms with Crippen molar-refractivity contribution in [3.05, 3.63) is 34.9 Å². The van der Waals surface area contributed by atoms with E-state index in [1.165, 1.54) is 12.1 Å². The number of nitrogens with zero attached hydrogens (tertiary/aromatic N) is 1. The van der Waals surface area contributed by atoms with Gasteiger partial charge in [0.2, 0.25) is 0 Å². The Balaban J connectivity index is 3.10. The maximum atomic E-state index is 9.15. The normalized spacial score (nSPS) is 10.0. The van der Waals surface area contributed by atoms with Crippen molar-refractivity contribution in [3.8, 4) is 11.8 Å². The summed E-state index contributed by atoms with van der Waals surface area (Å²) in [6, 6.07) is 6.72. The van der Waals surface area contributed by atoms with E-state index in [2.05, 4.69) is 0 Å². The van der Waals surface area contributed by atoms with E-state index in [4.69, 9.17) is 22.0 Å². The Hall–Kier alpha value is -1.46. The highest BCUT2D eigenvalue weighted by Gasteiger charge is 2.00. The van der Waals surface area contributed by atoms with E-state index in [0.29, 0.717) is 5.56 Å². The van der Waals surface area contributed by atoms with Crippen LogP contribution in [0, 0.1) is 11.3 Å². The Kier molecular flexibility index (Phi) is 2.73. The molecule has 0 aliphatic heterocycles. The fourth-order valence-corrected chi connectivity index (χ4v) is 0.982. The van der Waals surface area contributed by atoms with Crippen LogP contribution >= 0.6 is 11.6 Å². The Morgan fingerprint density at radius 2 is 2.25 bits per heavy atom. The summed E-state index contributed by atoms with van der Waals surface area (Å²) in [6.45, 7) is 0. The molecule has 2 nitrogen and oxygen atoms in total. The van der Waals surface area contributed by atoms with Crippen LogP contribution in [0.1, 0.15) is 5.56 Å². The number of hydrogen-bond donors (Lipinski definition) is 1. The molecule has 0 spiro atoms. The number of halogens is 1. The molecule has 1 N–H and O–H groups in total. The molecule has 3 heteroatoms. The maximum Gasteiger partial charge on any atom is 0.134 e. The van der Waals surface area contributed by atoms with Crippen LogP contribution in [-0.4, -0.2) is 5.11 Å². The van der Waals surface area contributed by atoms with E-state index >= 15 is 0 Å². The highest BCUT2D eigenvalue weighted by Crippen LogP contribution is 2.27. The molecule has 0 heterocycles. The molecule has 1 aromatic carbocycles. The summed E-state index contributed by atoms with van der Waals surface area (Å²) in [7, 11) is 0. The smallest absolute Gasteiger partial charge is 0.134 e. The van der Waals surface area contributed by atoms with Crippen molar-refractivity contribution >= 4 is 17.7 Å². The first-order valence-corrected chi connectivity index (χ1v) is 3.67. The van der Waals surface area contributed by atoms with E-state index in [-0.39, 0.29) is 10.8 Å². The zero-order chi connectivity index (χ0) is 8.97. The largest absolute Gasteiger partial charge is 0.506 e. The van der Waals surface area contributed by atoms with E-state index < -0.39 is 0 Å². The molecule has 60 valence electrons. The third kappa shape index (κ3) is 1.77. The standard InChI is InChI=1S/C9H6ClNO/c10-9-7(4-2-6-11)3-1-5-8(9)12/h1-5,12H/b4-2+. The van der Waals surface area contributed by atoms with Crippen molar-refractivity contribution in [2.45, 2.75) is 0 Å². The topological polar surface area (TPSA) is 44.0 Å². The lowest BCUT2D eigenvalue weighted by molar-refractivity contribution is 0.475. The molecule has 0 fully saturated rings. The molecular formula is C9H6ClNO. The van der Waals surface area contributed by atoms with Gasteiger partial charge in [-0.25, -0.2) is 0 Å². The zero-order valence-corrected chi connectivity index (χ0v) is 6.92. The second-order valence-electron chi connectivity index (χ2n) is 2.14. The second kappa shape index (κ2) is 3.80. The molecule has 0 aliphatic rings. The number of aromatic hydroxyl groups is 1. The van der Waals surface area contributed by atoms with Crippen molar-refractivity contribution in [2.75, 3.05) is 0 Å². The third-order valence-corrected chi connectivity index (χ3v) is 1.76. The SMILES string of the molecule is N#C/C=C/c1cccc(O)c1Cl. The second-order valence-corrected chi connectivity index (χ2v) is 2.52. The number of phenols is 1. The monoisotopic (exact) mass is 179 g/mol. The number of hydrogen-bond acceptors (Lipinski definition) is 2. The molecule has 0 unspecified atom stereocenters. The molecule has 0 aliphatic carbocycles. The highest BCUT2D eigenvalue weighted by molar-refractivity contribution is 6.33. The zero-order valence-electron chi connectivity index (χ0n) is 6.16. The van der Waals surface area contributed by atoms with Crippen LogP contribution in [0.15, 0.2) is 24.3 Å². The van der Waals surface area contributed by atoms with E-state index in [9.17, 15) is 0 Å². The number of rotatable bonds is 1. The minimum atomic E-state index is 0.0248. The first-order valence-electron chi connectivity index (χ1n) is 3.29. The molecule has 0 bridgehead atoms. The summed E-state index contributed by atoms with van der Waals surface area (Å²) >= 11 is 5.72. The first kappa shape index (κ1) is 8.63. The Bertz CT molecular complexity index is 352. The Labute approximate surface area is 75.3 Å². The van der Waals surface area contributed by atoms with Gasteiger partial charge in [-0.3, -0.25) is 0 Å². The average Bonchev–Trinajstić information content (AvgIpc) is 2.08. The molecule has 0 amide bonds. The maximum absolute atomic E-state index is 9.15. The van der Waals surface area contributed by atoms with Crippen molar-refractivity contribution in [3.63, 3.8) is 0 Å². The third-order valence-electron chi connectivity index (χ3n) is 1.35. The van der Waals surface area contributed by atoms with Crippen LogP contribution in [0.5, 0.6) is 5.75 Å². The van der Waals surface area contributed by atoms with Crippen LogP contribution in [0.2, 0.25) is 5.02 Å². The minimum Gasteiger partial charge on any atom is -0.506 e. The van der Waals surface area contributed by atoms with Crippen LogP contribution in [0.4, 0.5) is 0 Å². The predicted molar refractivity (Wildman–Crippen MR) is 47.8 cm³/mol. The number of benzene rings is 1. The molecule has 0 saturated heterocycles. The lowest BCUT2D eigenvalue weighted by Gasteiger charge is -1.98. The number of allylic oxidation sites excluding steroid dienone is 1. The fourth-order valence-electron chi connectivity index (χ4n) is 0.793. The molecule has 0 atom stereocenters. The van der Waals surface area contributed by atoms with Gasteiger partial charge in [-0.05, 0) is 17.7 Å². The van der Waals surface area contributed by atoms with Crippen LogP contribution in [-0.2, 0) is 0 Å². The average molecular weight is 180 g/mol. The molecular weight excluding hydrogens is 174 g/mol. The van der Waals surface area contributed by atoms with Crippen molar-refractivity contribution in [1.29, 1.82) is 5.26 Å². The van der Waals surface area contributed by atoms with Gasteiger partial charge in [0.05, 0.1) is 11.1 Å². The minimum absolute atomic E-state index is 0.0248. The van der Waals surface area contributed by atoms with Gasteiger partial charge in [0.1, 0.15) is 5.75 Å². The van der Waals surface area contributed by atoms with Crippen LogP contribution in [0.3, 0.4) is 0 Å². The quantitative estimate of drug-likeness (QED) is 0.674. The summed E-state index contributed by atoms with van der Waals surface area (Å²) < 4.78 is 0. The summed E-state index contributed by atoms with van der Waals surface area (Å²) in [5, 5.41) is 17.7. The van der Waals surface area contributed by atoms with Gasteiger partial charge in [0.25, 0.3) is 0 Å². The van der Waals surface area contributed by atoms with Gasteiger partial charge in [0.15, 0.2) is 0 Å². The predicted octanol–water partition coefficient (Wildman–Crippen LogP) is 2.58. The van der Waals surface area contributed by atoms with Gasteiger partial charge in [-0.1, -0.05) is 23.7 Å².